The molecule has 0 saturated carbocycles. The molecule has 0 heterocycles. The van der Waals surface area contributed by atoms with Crippen molar-refractivity contribution in [2.75, 3.05) is 7.11 Å². The topological polar surface area (TPSA) is 35.5 Å². The molecule has 0 aromatic heterocycles. The van der Waals surface area contributed by atoms with Gasteiger partial charge < -0.3 is 9.47 Å². The molecule has 3 nitrogen and oxygen atoms in total. The lowest BCUT2D eigenvalue weighted by molar-refractivity contribution is 0.101. The molecule has 0 radical (unpaired) electrons. The van der Waals surface area contributed by atoms with Gasteiger partial charge in [-0.3, -0.25) is 4.79 Å². The fraction of sp³-hybridized carbons (Fsp3) is 0.188. The number of benzene rings is 2. The van der Waals surface area contributed by atoms with E-state index in [1.54, 1.807) is 25.3 Å². The Balaban J connectivity index is 2.11. The summed E-state index contributed by atoms with van der Waals surface area (Å²) < 4.78 is 10.9. The smallest absolute Gasteiger partial charge is 0.161 e. The second-order valence-corrected chi connectivity index (χ2v) is 4.71. The van der Waals surface area contributed by atoms with Crippen molar-refractivity contribution in [1.82, 2.24) is 0 Å². The zero-order chi connectivity index (χ0) is 14.5. The first-order chi connectivity index (χ1) is 9.61. The van der Waals surface area contributed by atoms with Crippen LogP contribution in [0.2, 0.25) is 5.02 Å². The first-order valence-corrected chi connectivity index (χ1v) is 6.55. The van der Waals surface area contributed by atoms with Gasteiger partial charge in [0.2, 0.25) is 0 Å². The van der Waals surface area contributed by atoms with E-state index in [-0.39, 0.29) is 5.78 Å². The van der Waals surface area contributed by atoms with Crippen molar-refractivity contribution in [2.45, 2.75) is 13.5 Å². The molecule has 2 rings (SSSR count). The van der Waals surface area contributed by atoms with Gasteiger partial charge in [-0.2, -0.15) is 0 Å². The molecule has 0 N–H and O–H groups in total. The van der Waals surface area contributed by atoms with Crippen LogP contribution in [0.5, 0.6) is 11.5 Å². The van der Waals surface area contributed by atoms with Gasteiger partial charge in [0.05, 0.1) is 12.1 Å². The summed E-state index contributed by atoms with van der Waals surface area (Å²) in [6.45, 7) is 1.86. The van der Waals surface area contributed by atoms with Crippen LogP contribution in [-0.4, -0.2) is 12.9 Å². The number of para-hydroxylation sites is 1. The zero-order valence-electron chi connectivity index (χ0n) is 11.4. The molecule has 0 aliphatic carbocycles. The lowest BCUT2D eigenvalue weighted by atomic mass is 10.1. The summed E-state index contributed by atoms with van der Waals surface area (Å²) in [6.07, 6.45) is 0. The number of ether oxygens (including phenoxy) is 2. The van der Waals surface area contributed by atoms with Crippen LogP contribution in [0.4, 0.5) is 0 Å². The Morgan fingerprint density at radius 3 is 2.60 bits per heavy atom. The number of halogens is 1. The minimum absolute atomic E-state index is 0.0636. The summed E-state index contributed by atoms with van der Waals surface area (Å²) in [5, 5.41) is 0.398. The van der Waals surface area contributed by atoms with Crippen molar-refractivity contribution in [3.63, 3.8) is 0 Å². The molecule has 2 aromatic rings. The fourth-order valence-electron chi connectivity index (χ4n) is 1.85. The van der Waals surface area contributed by atoms with Gasteiger partial charge in [-0.1, -0.05) is 29.8 Å². The van der Waals surface area contributed by atoms with Crippen LogP contribution in [0.1, 0.15) is 22.8 Å². The second kappa shape index (κ2) is 6.44. The fourth-order valence-corrected chi connectivity index (χ4v) is 2.16. The number of ketones is 1. The van der Waals surface area contributed by atoms with E-state index in [4.69, 9.17) is 21.1 Å². The molecule has 0 saturated heterocycles. The summed E-state index contributed by atoms with van der Waals surface area (Å²) in [5.41, 5.74) is 1.44. The number of rotatable bonds is 5. The number of carbonyl (C=O) groups excluding carboxylic acids is 1. The minimum Gasteiger partial charge on any atom is -0.496 e. The van der Waals surface area contributed by atoms with E-state index < -0.39 is 0 Å². The average molecular weight is 291 g/mol. The molecular formula is C16H15ClO3. The van der Waals surface area contributed by atoms with Crippen LogP contribution in [-0.2, 0) is 6.61 Å². The van der Waals surface area contributed by atoms with Crippen molar-refractivity contribution >= 4 is 17.4 Å². The predicted octanol–water partition coefficient (Wildman–Crippen LogP) is 4.13. The molecule has 0 aliphatic rings. The highest BCUT2D eigenvalue weighted by Gasteiger charge is 2.08. The minimum atomic E-state index is -0.0636. The van der Waals surface area contributed by atoms with Crippen molar-refractivity contribution in [1.29, 1.82) is 0 Å². The molecular weight excluding hydrogens is 276 g/mol. The van der Waals surface area contributed by atoms with Crippen LogP contribution in [0, 0.1) is 0 Å². The van der Waals surface area contributed by atoms with Crippen molar-refractivity contribution in [2.24, 2.45) is 0 Å². The normalized spacial score (nSPS) is 10.2. The Labute approximate surface area is 123 Å². The summed E-state index contributed by atoms with van der Waals surface area (Å²) >= 11 is 6.04. The molecule has 0 atom stereocenters. The quantitative estimate of drug-likeness (QED) is 0.777. The van der Waals surface area contributed by atoms with E-state index in [1.165, 1.54) is 6.92 Å². The molecule has 0 bridgehead atoms. The highest BCUT2D eigenvalue weighted by Crippen LogP contribution is 2.25. The van der Waals surface area contributed by atoms with Crippen molar-refractivity contribution in [3.05, 3.63) is 58.6 Å². The Hall–Kier alpha value is -2.00. The Morgan fingerprint density at radius 2 is 1.95 bits per heavy atom. The third-order valence-corrected chi connectivity index (χ3v) is 3.22. The first kappa shape index (κ1) is 14.4. The number of carbonyl (C=O) groups is 1. The molecule has 0 aliphatic heterocycles. The number of Topliss-reactive ketones (excluding diaryl/α,β-unsaturated/α-hetero) is 1. The van der Waals surface area contributed by atoms with Crippen LogP contribution >= 0.6 is 11.6 Å². The van der Waals surface area contributed by atoms with Gasteiger partial charge in [-0.05, 0) is 31.2 Å². The third kappa shape index (κ3) is 3.31. The van der Waals surface area contributed by atoms with Gasteiger partial charge in [0.15, 0.2) is 5.78 Å². The SMILES string of the molecule is COc1ccccc1COc1ccc(C(C)=O)c(Cl)c1. The third-order valence-electron chi connectivity index (χ3n) is 2.91. The molecule has 2 aromatic carbocycles. The molecule has 104 valence electrons. The predicted molar refractivity (Wildman–Crippen MR) is 78.8 cm³/mol. The molecule has 0 amide bonds. The van der Waals surface area contributed by atoms with E-state index in [0.29, 0.717) is 22.9 Å². The molecule has 4 heteroatoms. The summed E-state index contributed by atoms with van der Waals surface area (Å²) in [7, 11) is 1.62. The summed E-state index contributed by atoms with van der Waals surface area (Å²) in [6, 6.07) is 12.7. The highest BCUT2D eigenvalue weighted by atomic mass is 35.5. The molecule has 0 spiro atoms. The maximum absolute atomic E-state index is 11.3. The van der Waals surface area contributed by atoms with Crippen molar-refractivity contribution in [3.8, 4) is 11.5 Å². The maximum Gasteiger partial charge on any atom is 0.161 e. The van der Waals surface area contributed by atoms with E-state index in [1.807, 2.05) is 24.3 Å². The molecule has 0 unspecified atom stereocenters. The van der Waals surface area contributed by atoms with E-state index in [9.17, 15) is 4.79 Å². The number of hydrogen-bond acceptors (Lipinski definition) is 3. The molecule has 20 heavy (non-hydrogen) atoms. The van der Waals surface area contributed by atoms with Crippen LogP contribution < -0.4 is 9.47 Å². The van der Waals surface area contributed by atoms with Gasteiger partial charge >= 0.3 is 0 Å². The van der Waals surface area contributed by atoms with E-state index >= 15 is 0 Å². The van der Waals surface area contributed by atoms with Gasteiger partial charge in [-0.25, -0.2) is 0 Å². The second-order valence-electron chi connectivity index (χ2n) is 4.30. The van der Waals surface area contributed by atoms with Gasteiger partial charge in [0.1, 0.15) is 18.1 Å². The Kier molecular flexibility index (Phi) is 4.64. The summed E-state index contributed by atoms with van der Waals surface area (Å²) in [5.74, 6) is 1.33. The van der Waals surface area contributed by atoms with E-state index in [2.05, 4.69) is 0 Å². The monoisotopic (exact) mass is 290 g/mol. The Bertz CT molecular complexity index is 623. The standard InChI is InChI=1S/C16H15ClO3/c1-11(18)14-8-7-13(9-15(14)17)20-10-12-5-3-4-6-16(12)19-2/h3-9H,10H2,1-2H3. The average Bonchev–Trinajstić information content (AvgIpc) is 2.45. The van der Waals surface area contributed by atoms with Gasteiger partial charge in [-0.15, -0.1) is 0 Å². The molecule has 0 fully saturated rings. The van der Waals surface area contributed by atoms with Crippen LogP contribution in [0.15, 0.2) is 42.5 Å². The largest absolute Gasteiger partial charge is 0.496 e. The Morgan fingerprint density at radius 1 is 1.20 bits per heavy atom. The lowest BCUT2D eigenvalue weighted by Crippen LogP contribution is -1.99. The number of hydrogen-bond donors (Lipinski definition) is 0. The van der Waals surface area contributed by atoms with Gasteiger partial charge in [0.25, 0.3) is 0 Å². The summed E-state index contributed by atoms with van der Waals surface area (Å²) in [4.78, 5) is 11.3. The van der Waals surface area contributed by atoms with Crippen molar-refractivity contribution < 1.29 is 14.3 Å². The van der Waals surface area contributed by atoms with E-state index in [0.717, 1.165) is 11.3 Å². The number of methoxy groups -OCH3 is 1. The maximum atomic E-state index is 11.3. The van der Waals surface area contributed by atoms with Gasteiger partial charge in [0, 0.05) is 11.1 Å². The highest BCUT2D eigenvalue weighted by molar-refractivity contribution is 6.34. The van der Waals surface area contributed by atoms with Crippen LogP contribution in [0.3, 0.4) is 0 Å². The first-order valence-electron chi connectivity index (χ1n) is 6.17. The lowest BCUT2D eigenvalue weighted by Gasteiger charge is -2.11. The zero-order valence-corrected chi connectivity index (χ0v) is 12.1. The van der Waals surface area contributed by atoms with Crippen LogP contribution in [0.25, 0.3) is 0 Å².